The van der Waals surface area contributed by atoms with E-state index in [-0.39, 0.29) is 0 Å². The quantitative estimate of drug-likeness (QED) is 0.355. The van der Waals surface area contributed by atoms with Crippen molar-refractivity contribution in [1.82, 2.24) is 0 Å². The lowest BCUT2D eigenvalue weighted by atomic mass is 10.1. The third-order valence-corrected chi connectivity index (χ3v) is 8.37. The first-order valence-corrected chi connectivity index (χ1v) is 12.3. The van der Waals surface area contributed by atoms with Crippen LogP contribution >= 0.6 is 67.6 Å². The van der Waals surface area contributed by atoms with Gasteiger partial charge >= 0.3 is 0 Å². The Labute approximate surface area is 169 Å². The van der Waals surface area contributed by atoms with Gasteiger partial charge in [0.1, 0.15) is 0 Å². The fraction of sp³-hybridized carbons (Fsp3) is 0.250. The summed E-state index contributed by atoms with van der Waals surface area (Å²) in [5, 5.41) is 2.39. The van der Waals surface area contributed by atoms with Crippen LogP contribution in [-0.2, 0) is 9.47 Å². The zero-order valence-electron chi connectivity index (χ0n) is 13.1. The normalized spacial score (nSPS) is 10.6. The minimum Gasteiger partial charge on any atom is -0.478 e. The van der Waals surface area contributed by atoms with Gasteiger partial charge in [-0.3, -0.25) is 0 Å². The third-order valence-electron chi connectivity index (χ3n) is 2.77. The highest BCUT2D eigenvalue weighted by Gasteiger charge is 2.10. The first-order chi connectivity index (χ1) is 11.7. The average molecular weight is 433 g/mol. The van der Waals surface area contributed by atoms with Gasteiger partial charge in [-0.05, 0) is 104 Å². The molecular formula is C16H16O2S6. The van der Waals surface area contributed by atoms with Gasteiger partial charge in [-0.2, -0.15) is 0 Å². The van der Waals surface area contributed by atoms with Crippen LogP contribution < -0.4 is 0 Å². The molecule has 0 aliphatic carbocycles. The summed E-state index contributed by atoms with van der Waals surface area (Å²) in [6, 6.07) is 12.6. The number of benzene rings is 2. The number of fused-ring (bicyclic) bond motifs is 1. The molecule has 2 aromatic rings. The van der Waals surface area contributed by atoms with Crippen molar-refractivity contribution in [3.8, 4) is 0 Å². The number of ether oxygens (including phenoxy) is 2. The molecule has 2 aromatic carbocycles. The summed E-state index contributed by atoms with van der Waals surface area (Å²) in [6.45, 7) is 5.06. The molecule has 2 rings (SSSR count). The molecule has 0 atom stereocenters. The van der Waals surface area contributed by atoms with Crippen LogP contribution in [0.25, 0.3) is 10.8 Å². The molecule has 0 heterocycles. The van der Waals surface area contributed by atoms with Crippen LogP contribution in [0.15, 0.2) is 46.2 Å². The Kier molecular flexibility index (Phi) is 9.07. The van der Waals surface area contributed by atoms with E-state index in [4.69, 9.17) is 33.9 Å². The van der Waals surface area contributed by atoms with E-state index >= 15 is 0 Å². The van der Waals surface area contributed by atoms with E-state index in [1.54, 1.807) is 21.6 Å². The van der Waals surface area contributed by atoms with Crippen molar-refractivity contribution >= 4 is 87.1 Å². The molecule has 0 aromatic heterocycles. The number of rotatable bonds is 6. The second-order valence-corrected chi connectivity index (χ2v) is 9.85. The zero-order chi connectivity index (χ0) is 17.4. The van der Waals surface area contributed by atoms with Crippen molar-refractivity contribution in [3.05, 3.63) is 36.4 Å². The van der Waals surface area contributed by atoms with Crippen molar-refractivity contribution in [2.45, 2.75) is 23.6 Å². The van der Waals surface area contributed by atoms with Gasteiger partial charge in [-0.15, -0.1) is 0 Å². The van der Waals surface area contributed by atoms with E-state index in [0.717, 1.165) is 0 Å². The molecule has 0 fully saturated rings. The number of thiocarbonyl (C=S) groups is 2. The molecule has 0 bridgehead atoms. The molecule has 2 nitrogen and oxygen atoms in total. The molecule has 0 saturated carbocycles. The number of hydrogen-bond donors (Lipinski definition) is 0. The molecule has 0 saturated heterocycles. The summed E-state index contributed by atoms with van der Waals surface area (Å²) >= 11 is 10.4. The Balaban J connectivity index is 2.16. The Morgan fingerprint density at radius 2 is 1.21 bits per heavy atom. The highest BCUT2D eigenvalue weighted by Crippen LogP contribution is 2.43. The van der Waals surface area contributed by atoms with Gasteiger partial charge in [0.2, 0.25) is 8.77 Å². The summed E-state index contributed by atoms with van der Waals surface area (Å²) in [5.41, 5.74) is 0. The van der Waals surface area contributed by atoms with Crippen LogP contribution in [0.4, 0.5) is 0 Å². The van der Waals surface area contributed by atoms with E-state index in [1.807, 2.05) is 26.0 Å². The van der Waals surface area contributed by atoms with Crippen LogP contribution in [-0.4, -0.2) is 22.0 Å². The smallest absolute Gasteiger partial charge is 0.231 e. The first-order valence-electron chi connectivity index (χ1n) is 7.20. The lowest BCUT2D eigenvalue weighted by molar-refractivity contribution is 0.346. The number of hydrogen-bond acceptors (Lipinski definition) is 8. The minimum absolute atomic E-state index is 0.558. The molecule has 0 amide bonds. The topological polar surface area (TPSA) is 18.5 Å². The van der Waals surface area contributed by atoms with Gasteiger partial charge in [0.15, 0.2) is 0 Å². The largest absolute Gasteiger partial charge is 0.478 e. The lowest BCUT2D eigenvalue weighted by Gasteiger charge is -2.10. The van der Waals surface area contributed by atoms with E-state index in [2.05, 4.69) is 24.3 Å². The van der Waals surface area contributed by atoms with Gasteiger partial charge in [0.25, 0.3) is 0 Å². The standard InChI is InChI=1S/C16H16O2S6/c1-3-17-15(19)23-21-13-9-10-14(22-24-16(20)18-4-2)12-8-6-5-7-11(12)13/h5-10H,3-4H2,1-2H3. The summed E-state index contributed by atoms with van der Waals surface area (Å²) < 4.78 is 11.8. The predicted octanol–water partition coefficient (Wildman–Crippen LogP) is 6.96. The van der Waals surface area contributed by atoms with Gasteiger partial charge in [-0.1, -0.05) is 24.3 Å². The van der Waals surface area contributed by atoms with Crippen molar-refractivity contribution in [2.75, 3.05) is 13.2 Å². The fourth-order valence-electron chi connectivity index (χ4n) is 1.83. The Hall–Kier alpha value is -0.120. The maximum Gasteiger partial charge on any atom is 0.231 e. The van der Waals surface area contributed by atoms with E-state index in [1.165, 1.54) is 42.2 Å². The van der Waals surface area contributed by atoms with E-state index in [9.17, 15) is 0 Å². The van der Waals surface area contributed by atoms with Crippen molar-refractivity contribution < 1.29 is 9.47 Å². The molecule has 8 heteroatoms. The van der Waals surface area contributed by atoms with Crippen molar-refractivity contribution in [2.24, 2.45) is 0 Å². The molecule has 0 unspecified atom stereocenters. The van der Waals surface area contributed by atoms with Crippen LogP contribution in [0.2, 0.25) is 0 Å². The maximum atomic E-state index is 5.33. The van der Waals surface area contributed by atoms with Crippen LogP contribution in [0, 0.1) is 0 Å². The molecule has 24 heavy (non-hydrogen) atoms. The molecule has 0 radical (unpaired) electrons. The third kappa shape index (κ3) is 6.00. The highest BCUT2D eigenvalue weighted by atomic mass is 33.1. The van der Waals surface area contributed by atoms with E-state index < -0.39 is 0 Å². The molecule has 0 aliphatic rings. The predicted molar refractivity (Wildman–Crippen MR) is 119 cm³/mol. The van der Waals surface area contributed by atoms with Gasteiger partial charge in [0, 0.05) is 9.79 Å². The fourth-order valence-corrected chi connectivity index (χ4v) is 6.22. The second kappa shape index (κ2) is 10.8. The van der Waals surface area contributed by atoms with Gasteiger partial charge in [-0.25, -0.2) is 0 Å². The van der Waals surface area contributed by atoms with Crippen molar-refractivity contribution in [3.63, 3.8) is 0 Å². The van der Waals surface area contributed by atoms with Gasteiger partial charge < -0.3 is 9.47 Å². The van der Waals surface area contributed by atoms with Crippen molar-refractivity contribution in [1.29, 1.82) is 0 Å². The molecule has 128 valence electrons. The lowest BCUT2D eigenvalue weighted by Crippen LogP contribution is -1.93. The summed E-state index contributed by atoms with van der Waals surface area (Å²) in [7, 11) is 6.19. The van der Waals surface area contributed by atoms with Gasteiger partial charge in [0.05, 0.1) is 13.2 Å². The highest BCUT2D eigenvalue weighted by molar-refractivity contribution is 8.84. The maximum absolute atomic E-state index is 5.33. The Bertz CT molecular complexity index is 658. The Morgan fingerprint density at radius 3 is 1.58 bits per heavy atom. The van der Waals surface area contributed by atoms with Crippen LogP contribution in [0.1, 0.15) is 13.8 Å². The second-order valence-electron chi connectivity index (χ2n) is 4.31. The van der Waals surface area contributed by atoms with Crippen LogP contribution in [0.3, 0.4) is 0 Å². The molecule has 0 aliphatic heterocycles. The minimum atomic E-state index is 0.558. The Morgan fingerprint density at radius 1 is 0.792 bits per heavy atom. The molecule has 0 spiro atoms. The van der Waals surface area contributed by atoms with E-state index in [0.29, 0.717) is 22.0 Å². The average Bonchev–Trinajstić information content (AvgIpc) is 2.59. The van der Waals surface area contributed by atoms with Crippen LogP contribution in [0.5, 0.6) is 0 Å². The zero-order valence-corrected chi connectivity index (χ0v) is 18.0. The summed E-state index contributed by atoms with van der Waals surface area (Å²) in [4.78, 5) is 2.33. The monoisotopic (exact) mass is 432 g/mol. The summed E-state index contributed by atoms with van der Waals surface area (Å²) in [5.74, 6) is 0. The SMILES string of the molecule is CCOC(=S)SSc1ccc(SSC(=S)OCC)c2ccccc12. The molecular weight excluding hydrogens is 417 g/mol. The first kappa shape index (κ1) is 20.2. The summed E-state index contributed by atoms with van der Waals surface area (Å²) in [6.07, 6.45) is 0. The molecule has 0 N–H and O–H groups in total.